The summed E-state index contributed by atoms with van der Waals surface area (Å²) >= 11 is 0. The molecule has 0 amide bonds. The molecular formula is C96H74F4Ir3N14O4-8. The molecule has 0 saturated carbocycles. The number of hydrogen-bond acceptors (Lipinski definition) is 18. The zero-order valence-electron chi connectivity index (χ0n) is 65.7. The predicted octanol–water partition coefficient (Wildman–Crippen LogP) is 20.0. The van der Waals surface area contributed by atoms with Crippen molar-refractivity contribution in [2.45, 2.75) is 0 Å². The molecule has 0 fully saturated rings. The molecule has 0 saturated heterocycles. The number of methoxy groups -OCH3 is 2. The van der Waals surface area contributed by atoms with Crippen LogP contribution in [0.2, 0.25) is 0 Å². The van der Waals surface area contributed by atoms with Crippen molar-refractivity contribution < 1.29 is 96.9 Å². The number of carbonyl (C=O) groups excluding carboxylic acids is 2. The van der Waals surface area contributed by atoms with Crippen molar-refractivity contribution in [1.29, 1.82) is 10.5 Å². The molecule has 0 aliphatic heterocycles. The van der Waals surface area contributed by atoms with Crippen molar-refractivity contribution in [3.63, 3.8) is 0 Å². The summed E-state index contributed by atoms with van der Waals surface area (Å²) in [7, 11) is 10.8. The van der Waals surface area contributed by atoms with Gasteiger partial charge in [0.1, 0.15) is 0 Å². The number of pyridine rings is 10. The molecule has 0 atom stereocenters. The number of carbonyl (C=O) groups is 2. The van der Waals surface area contributed by atoms with E-state index in [1.54, 1.807) is 110 Å². The number of aromatic nitrogens is 10. The van der Waals surface area contributed by atoms with Gasteiger partial charge in [0.2, 0.25) is 0 Å². The minimum absolute atomic E-state index is 0. The molecule has 121 heavy (non-hydrogen) atoms. The van der Waals surface area contributed by atoms with Crippen LogP contribution in [0.25, 0.3) is 90.3 Å². The number of ether oxygens (including phenoxy) is 2. The Kier molecular flexibility index (Phi) is 46.3. The fourth-order valence-corrected chi connectivity index (χ4v) is 9.91. The standard InChI is InChI=1S/C14H18N4.2C13H10NO2.2C11H6F2N.2C11H8N.C10H8N2.2CN.3Ir/c1-17(2)11-5-7-15-13(9-11)14-10-12(18(3)4)6-8-16-14;2*1-16-13(15)11-7-8-14-12(9-11)10-5-3-2-4-6-10;2*12-8-4-5-9(10(13)7-8)11-3-1-2-6-14-11;2*1-2-6-10(7-3-1)11-8-4-5-9-12-11;1-3-7-11-9(5-1)10-6-2-4-8-12-10;2*1-2;;;/h5-10H,1-4H3;2*2-5,7-9H,1H3;2*1-4,6-7H;2*1-6,8-9H;1-8H;;;;;/q;6*-1;;2*-1;;;. The maximum atomic E-state index is 13.2. The average Bonchev–Trinajstić information content (AvgIpc) is 0.847. The number of halogens is 4. The summed E-state index contributed by atoms with van der Waals surface area (Å²) in [6.07, 6.45) is 17.0. The molecular weight excluding hydrogens is 2070 g/mol. The molecule has 0 bridgehead atoms. The molecule has 0 spiro atoms. The van der Waals surface area contributed by atoms with Gasteiger partial charge >= 0.3 is 11.9 Å². The second kappa shape index (κ2) is 56.4. The summed E-state index contributed by atoms with van der Waals surface area (Å²) in [4.78, 5) is 68.6. The molecule has 16 aromatic rings. The van der Waals surface area contributed by atoms with Crippen LogP contribution in [0.5, 0.6) is 0 Å². The number of anilines is 2. The van der Waals surface area contributed by atoms with Crippen LogP contribution in [-0.2, 0) is 69.8 Å². The topological polar surface area (TPSA) is 236 Å². The van der Waals surface area contributed by atoms with Gasteiger partial charge in [-0.1, -0.05) is 96.1 Å². The van der Waals surface area contributed by atoms with E-state index in [1.165, 1.54) is 14.2 Å². The number of nitrogens with zero attached hydrogens (tertiary/aromatic N) is 14. The Bertz CT molecular complexity index is 5110. The molecule has 0 aliphatic rings. The Balaban J connectivity index is 0.000000288. The third kappa shape index (κ3) is 33.9. The smallest absolute Gasteiger partial charge is 0.337 e. The molecule has 0 unspecified atom stereocenters. The summed E-state index contributed by atoms with van der Waals surface area (Å²) in [5.41, 5.74) is 15.3. The van der Waals surface area contributed by atoms with E-state index >= 15 is 0 Å². The molecule has 16 rings (SSSR count). The first-order valence-electron chi connectivity index (χ1n) is 35.5. The van der Waals surface area contributed by atoms with Crippen molar-refractivity contribution in [2.24, 2.45) is 0 Å². The van der Waals surface area contributed by atoms with Gasteiger partial charge in [0, 0.05) is 185 Å². The minimum atomic E-state index is -0.649. The minimum Gasteiger partial charge on any atom is -0.512 e. The first-order valence-corrected chi connectivity index (χ1v) is 35.5. The van der Waals surface area contributed by atoms with E-state index in [0.29, 0.717) is 33.9 Å². The number of hydrogen-bond donors (Lipinski definition) is 0. The van der Waals surface area contributed by atoms with Gasteiger partial charge in [-0.15, -0.1) is 168 Å². The van der Waals surface area contributed by atoms with Crippen molar-refractivity contribution in [1.82, 2.24) is 49.8 Å². The molecule has 25 heteroatoms. The molecule has 3 radical (unpaired) electrons. The van der Waals surface area contributed by atoms with Crippen LogP contribution in [0.3, 0.4) is 0 Å². The quantitative estimate of drug-likeness (QED) is 0.0628. The van der Waals surface area contributed by atoms with Gasteiger partial charge in [-0.25, -0.2) is 9.59 Å². The van der Waals surface area contributed by atoms with E-state index in [9.17, 15) is 27.2 Å². The van der Waals surface area contributed by atoms with Gasteiger partial charge < -0.3 is 72.8 Å². The van der Waals surface area contributed by atoms with Crippen LogP contribution >= 0.6 is 0 Å². The van der Waals surface area contributed by atoms with Crippen LogP contribution in [0.1, 0.15) is 20.7 Å². The van der Waals surface area contributed by atoms with E-state index < -0.39 is 23.3 Å². The molecule has 0 N–H and O–H groups in total. The van der Waals surface area contributed by atoms with Crippen molar-refractivity contribution in [3.05, 3.63) is 425 Å². The van der Waals surface area contributed by atoms with Crippen molar-refractivity contribution in [2.75, 3.05) is 52.2 Å². The van der Waals surface area contributed by atoms with Crippen molar-refractivity contribution in [3.8, 4) is 90.3 Å². The van der Waals surface area contributed by atoms with E-state index in [0.717, 1.165) is 92.1 Å². The van der Waals surface area contributed by atoms with Crippen LogP contribution in [0.15, 0.2) is 341 Å². The molecule has 18 nitrogen and oxygen atoms in total. The van der Waals surface area contributed by atoms with Crippen molar-refractivity contribution >= 4 is 23.3 Å². The molecule has 10 aromatic heterocycles. The molecule has 6 aromatic carbocycles. The van der Waals surface area contributed by atoms with Crippen LogP contribution in [0.4, 0.5) is 28.9 Å². The zero-order chi connectivity index (χ0) is 84.5. The monoisotopic (exact) mass is 2140 g/mol. The van der Waals surface area contributed by atoms with E-state index in [-0.39, 0.29) is 83.4 Å². The van der Waals surface area contributed by atoms with Gasteiger partial charge in [-0.2, -0.15) is 0 Å². The normalized spacial score (nSPS) is 9.37. The van der Waals surface area contributed by atoms with Gasteiger partial charge in [-0.3, -0.25) is 37.5 Å². The third-order valence-electron chi connectivity index (χ3n) is 15.6. The summed E-state index contributed by atoms with van der Waals surface area (Å²) in [5.74, 6) is -3.30. The second-order valence-corrected chi connectivity index (χ2v) is 23.9. The fourth-order valence-electron chi connectivity index (χ4n) is 9.91. The molecule has 10 heterocycles. The number of esters is 2. The summed E-state index contributed by atoms with van der Waals surface area (Å²) in [6.45, 7) is 9.50. The Morgan fingerprint density at radius 1 is 0.298 bits per heavy atom. The van der Waals surface area contributed by atoms with Crippen LogP contribution in [-0.4, -0.2) is 104 Å². The average molecular weight is 2140 g/mol. The largest absolute Gasteiger partial charge is 0.512 e. The fraction of sp³-hybridized carbons (Fsp3) is 0.0625. The van der Waals surface area contributed by atoms with Crippen LogP contribution < -0.4 is 9.80 Å². The van der Waals surface area contributed by atoms with E-state index in [4.69, 9.17) is 23.7 Å². The van der Waals surface area contributed by atoms with Gasteiger partial charge in [0.15, 0.2) is 0 Å². The number of rotatable bonds is 12. The summed E-state index contributed by atoms with van der Waals surface area (Å²) < 4.78 is 60.9. The number of benzene rings is 6. The maximum absolute atomic E-state index is 13.2. The Hall–Kier alpha value is -14.0. The first-order chi connectivity index (χ1) is 57.6. The molecule has 0 aliphatic carbocycles. The predicted molar refractivity (Wildman–Crippen MR) is 447 cm³/mol. The molecule has 615 valence electrons. The summed E-state index contributed by atoms with van der Waals surface area (Å²) in [6, 6.07) is 100. The van der Waals surface area contributed by atoms with Gasteiger partial charge in [-0.05, 0) is 119 Å². The maximum Gasteiger partial charge on any atom is 0.337 e. The van der Waals surface area contributed by atoms with E-state index in [2.05, 4.69) is 106 Å². The van der Waals surface area contributed by atoms with Gasteiger partial charge in [0.25, 0.3) is 0 Å². The Morgan fingerprint density at radius 2 is 0.554 bits per heavy atom. The summed E-state index contributed by atoms with van der Waals surface area (Å²) in [5, 5.41) is 12.5. The Labute approximate surface area is 742 Å². The SMILES string of the molecule is CN(C)c1ccnc(-c2cc(N(C)C)ccn2)c1.COC(=O)c1ccnc(-c2[c-]cccc2)c1.COC(=O)c1ccnc(-c2[c-]cccc2)c1.Fc1c[c-]c(-c2ccccn2)c(F)c1.Fc1c[c-]c(-c2ccccn2)c(F)c1.[C-]#N.[C-]#N.[Ir].[Ir].[Ir].[c-]1ccccc1-c1ccccn1.[c-]1ccccc1-c1ccccn1.c1ccc(-c2ccccn2)nc1. The van der Waals surface area contributed by atoms with Crippen LogP contribution in [0, 0.1) is 83.3 Å². The zero-order valence-corrected chi connectivity index (χ0v) is 72.9. The first kappa shape index (κ1) is 99.4. The second-order valence-electron chi connectivity index (χ2n) is 23.9. The van der Waals surface area contributed by atoms with E-state index in [1.807, 2.05) is 235 Å². The van der Waals surface area contributed by atoms with Gasteiger partial charge in [0.05, 0.1) is 48.1 Å². The Morgan fingerprint density at radius 3 is 0.810 bits per heavy atom. The third-order valence-corrected chi connectivity index (χ3v) is 15.6.